The predicted octanol–water partition coefficient (Wildman–Crippen LogP) is 1.53. The molecule has 1 atom stereocenters. The van der Waals surface area contributed by atoms with E-state index < -0.39 is 4.92 Å². The predicted molar refractivity (Wildman–Crippen MR) is 70.3 cm³/mol. The number of nitrogens with zero attached hydrogens (tertiary/aromatic N) is 3. The van der Waals surface area contributed by atoms with Crippen molar-refractivity contribution in [1.29, 1.82) is 0 Å². The smallest absolute Gasteiger partial charge is 0.298 e. The van der Waals surface area contributed by atoms with E-state index in [1.54, 1.807) is 6.07 Å². The van der Waals surface area contributed by atoms with Crippen molar-refractivity contribution in [2.75, 3.05) is 25.0 Å². The van der Waals surface area contributed by atoms with Gasteiger partial charge in [0.25, 0.3) is 11.7 Å². The van der Waals surface area contributed by atoms with Gasteiger partial charge in [0, 0.05) is 31.8 Å². The van der Waals surface area contributed by atoms with E-state index in [2.05, 4.69) is 10.3 Å². The van der Waals surface area contributed by atoms with Gasteiger partial charge in [0.15, 0.2) is 5.58 Å². The number of aromatic nitrogens is 1. The Bertz CT molecular complexity index is 618. The molecule has 1 N–H and O–H groups in total. The van der Waals surface area contributed by atoms with Crippen molar-refractivity contribution in [3.05, 3.63) is 28.3 Å². The van der Waals surface area contributed by atoms with Gasteiger partial charge in [-0.25, -0.2) is 0 Å². The number of likely N-dealkylation sites (N-methyl/N-ethyl adjacent to an activating group) is 1. The first-order valence-corrected chi connectivity index (χ1v) is 6.13. The summed E-state index contributed by atoms with van der Waals surface area (Å²) in [6.45, 7) is 1.88. The molecule has 100 valence electrons. The van der Waals surface area contributed by atoms with Crippen LogP contribution in [0.3, 0.4) is 0 Å². The average molecular weight is 262 g/mol. The Labute approximate surface area is 109 Å². The van der Waals surface area contributed by atoms with Crippen LogP contribution in [-0.4, -0.2) is 36.1 Å². The second-order valence-corrected chi connectivity index (χ2v) is 4.66. The van der Waals surface area contributed by atoms with Crippen LogP contribution in [-0.2, 0) is 0 Å². The number of nitrogens with one attached hydrogen (secondary N) is 1. The number of hydrogen-bond donors (Lipinski definition) is 1. The monoisotopic (exact) mass is 262 g/mol. The average Bonchev–Trinajstić information content (AvgIpc) is 3.06. The normalized spacial score (nSPS) is 18.9. The molecular formula is C12H14N4O3. The number of nitro benzene ring substituents is 1. The van der Waals surface area contributed by atoms with E-state index in [4.69, 9.17) is 4.42 Å². The number of oxazole rings is 1. The molecule has 2 aromatic rings. The molecule has 0 spiro atoms. The Hall–Kier alpha value is -2.15. The summed E-state index contributed by atoms with van der Waals surface area (Å²) >= 11 is 0. The van der Waals surface area contributed by atoms with Crippen LogP contribution >= 0.6 is 0 Å². The number of hydrogen-bond acceptors (Lipinski definition) is 6. The number of nitro groups is 1. The molecule has 1 aliphatic rings. The number of non-ortho nitro benzene ring substituents is 1. The van der Waals surface area contributed by atoms with Crippen LogP contribution in [0.2, 0.25) is 0 Å². The zero-order valence-electron chi connectivity index (χ0n) is 10.5. The minimum atomic E-state index is -0.432. The lowest BCUT2D eigenvalue weighted by Crippen LogP contribution is -2.33. The fourth-order valence-corrected chi connectivity index (χ4v) is 2.29. The molecule has 19 heavy (non-hydrogen) atoms. The van der Waals surface area contributed by atoms with Crippen molar-refractivity contribution < 1.29 is 9.34 Å². The zero-order valence-corrected chi connectivity index (χ0v) is 10.5. The molecule has 0 radical (unpaired) electrons. The number of fused-ring (bicyclic) bond motifs is 1. The molecule has 1 aliphatic heterocycles. The van der Waals surface area contributed by atoms with Gasteiger partial charge in [-0.05, 0) is 19.0 Å². The summed E-state index contributed by atoms with van der Waals surface area (Å²) in [6.07, 6.45) is 1.04. The van der Waals surface area contributed by atoms with Crippen molar-refractivity contribution in [3.63, 3.8) is 0 Å². The Morgan fingerprint density at radius 3 is 3.11 bits per heavy atom. The molecule has 1 aromatic heterocycles. The van der Waals surface area contributed by atoms with Gasteiger partial charge in [-0.3, -0.25) is 10.1 Å². The van der Waals surface area contributed by atoms with Gasteiger partial charge >= 0.3 is 0 Å². The van der Waals surface area contributed by atoms with E-state index >= 15 is 0 Å². The second-order valence-electron chi connectivity index (χ2n) is 4.66. The molecule has 0 aliphatic carbocycles. The maximum atomic E-state index is 10.7. The lowest BCUT2D eigenvalue weighted by atomic mass is 10.2. The van der Waals surface area contributed by atoms with Gasteiger partial charge in [0.1, 0.15) is 5.52 Å². The van der Waals surface area contributed by atoms with Crippen LogP contribution in [0.25, 0.3) is 11.1 Å². The molecule has 0 saturated carbocycles. The maximum absolute atomic E-state index is 10.7. The summed E-state index contributed by atoms with van der Waals surface area (Å²) in [5.74, 6) is 0. The molecule has 3 rings (SSSR count). The number of anilines is 1. The van der Waals surface area contributed by atoms with Crippen molar-refractivity contribution in [1.82, 2.24) is 10.3 Å². The van der Waals surface area contributed by atoms with Gasteiger partial charge in [0.05, 0.1) is 4.92 Å². The first-order valence-electron chi connectivity index (χ1n) is 6.13. The van der Waals surface area contributed by atoms with Crippen molar-refractivity contribution in [3.8, 4) is 0 Å². The third kappa shape index (κ3) is 2.12. The molecule has 0 amide bonds. The molecule has 1 aromatic carbocycles. The first kappa shape index (κ1) is 11.9. The lowest BCUT2D eigenvalue weighted by Gasteiger charge is -2.21. The summed E-state index contributed by atoms with van der Waals surface area (Å²) in [4.78, 5) is 16.6. The van der Waals surface area contributed by atoms with Gasteiger partial charge < -0.3 is 14.6 Å². The molecule has 2 heterocycles. The quantitative estimate of drug-likeness (QED) is 0.667. The van der Waals surface area contributed by atoms with E-state index in [1.807, 2.05) is 11.9 Å². The Kier molecular flexibility index (Phi) is 2.83. The van der Waals surface area contributed by atoms with E-state index in [1.165, 1.54) is 12.1 Å². The van der Waals surface area contributed by atoms with Crippen molar-refractivity contribution >= 4 is 22.8 Å². The first-order chi connectivity index (χ1) is 9.15. The molecular weight excluding hydrogens is 248 g/mol. The van der Waals surface area contributed by atoms with E-state index in [-0.39, 0.29) is 5.69 Å². The van der Waals surface area contributed by atoms with Gasteiger partial charge in [0.2, 0.25) is 0 Å². The summed E-state index contributed by atoms with van der Waals surface area (Å²) in [7, 11) is 1.93. The molecule has 0 unspecified atom stereocenters. The highest BCUT2D eigenvalue weighted by atomic mass is 16.6. The Morgan fingerprint density at radius 1 is 1.58 bits per heavy atom. The van der Waals surface area contributed by atoms with Crippen LogP contribution in [0.15, 0.2) is 22.6 Å². The molecule has 1 fully saturated rings. The zero-order chi connectivity index (χ0) is 13.4. The fraction of sp³-hybridized carbons (Fsp3) is 0.417. The number of benzene rings is 1. The Balaban J connectivity index is 1.94. The molecule has 1 saturated heterocycles. The molecule has 7 heteroatoms. The summed E-state index contributed by atoms with van der Waals surface area (Å²) in [5, 5.41) is 14.0. The summed E-state index contributed by atoms with van der Waals surface area (Å²) in [5.41, 5.74) is 1.11. The standard InChI is InChI=1S/C12H14N4O3/c1-15(9-4-5-13-7-9)12-14-10-6-8(16(17)18)2-3-11(10)19-12/h2-3,6,9,13H,4-5,7H2,1H3/t9-/m1/s1. The SMILES string of the molecule is CN(c1nc2cc([N+](=O)[O-])ccc2o1)[C@@H]1CCNC1. The lowest BCUT2D eigenvalue weighted by molar-refractivity contribution is -0.384. The van der Waals surface area contributed by atoms with E-state index in [9.17, 15) is 10.1 Å². The third-order valence-electron chi connectivity index (χ3n) is 3.45. The topological polar surface area (TPSA) is 84.4 Å². The van der Waals surface area contributed by atoms with Crippen LogP contribution in [0.5, 0.6) is 0 Å². The highest BCUT2D eigenvalue weighted by molar-refractivity contribution is 5.77. The van der Waals surface area contributed by atoms with Crippen molar-refractivity contribution in [2.24, 2.45) is 0 Å². The van der Waals surface area contributed by atoms with Gasteiger partial charge in [-0.2, -0.15) is 4.98 Å². The van der Waals surface area contributed by atoms with Crippen LogP contribution < -0.4 is 10.2 Å². The highest BCUT2D eigenvalue weighted by Crippen LogP contribution is 2.26. The summed E-state index contributed by atoms with van der Waals surface area (Å²) < 4.78 is 5.64. The van der Waals surface area contributed by atoms with Gasteiger partial charge in [-0.1, -0.05) is 0 Å². The molecule has 7 nitrogen and oxygen atoms in total. The fourth-order valence-electron chi connectivity index (χ4n) is 2.29. The van der Waals surface area contributed by atoms with Crippen LogP contribution in [0, 0.1) is 10.1 Å². The van der Waals surface area contributed by atoms with Gasteiger partial charge in [-0.15, -0.1) is 0 Å². The van der Waals surface area contributed by atoms with E-state index in [0.29, 0.717) is 23.2 Å². The van der Waals surface area contributed by atoms with E-state index in [0.717, 1.165) is 19.5 Å². The molecule has 0 bridgehead atoms. The van der Waals surface area contributed by atoms with Crippen molar-refractivity contribution in [2.45, 2.75) is 12.5 Å². The minimum absolute atomic E-state index is 0.0255. The maximum Gasteiger partial charge on any atom is 0.298 e. The third-order valence-corrected chi connectivity index (χ3v) is 3.45. The van der Waals surface area contributed by atoms with Crippen LogP contribution in [0.4, 0.5) is 11.7 Å². The number of rotatable bonds is 3. The largest absolute Gasteiger partial charge is 0.423 e. The highest BCUT2D eigenvalue weighted by Gasteiger charge is 2.23. The Morgan fingerprint density at radius 2 is 2.42 bits per heavy atom. The second kappa shape index (κ2) is 4.51. The summed E-state index contributed by atoms with van der Waals surface area (Å²) in [6, 6.07) is 5.30. The van der Waals surface area contributed by atoms with Crippen LogP contribution in [0.1, 0.15) is 6.42 Å². The minimum Gasteiger partial charge on any atom is -0.423 e.